The Morgan fingerprint density at radius 1 is 1.50 bits per heavy atom. The lowest BCUT2D eigenvalue weighted by Gasteiger charge is -2.29. The van der Waals surface area contributed by atoms with E-state index in [9.17, 15) is 9.18 Å². The number of nitrogens with zero attached hydrogens (tertiary/aromatic N) is 1. The Hall–Kier alpha value is -1.42. The Morgan fingerprint density at radius 3 is 2.78 bits per heavy atom. The summed E-state index contributed by atoms with van der Waals surface area (Å²) in [6.45, 7) is 4.94. The van der Waals surface area contributed by atoms with Crippen molar-refractivity contribution in [2.45, 2.75) is 31.7 Å². The highest BCUT2D eigenvalue weighted by Gasteiger charge is 2.36. The molecule has 0 aliphatic carbocycles. The Kier molecular flexibility index (Phi) is 3.39. The van der Waals surface area contributed by atoms with Gasteiger partial charge in [0.15, 0.2) is 0 Å². The van der Waals surface area contributed by atoms with Gasteiger partial charge in [-0.2, -0.15) is 0 Å². The fourth-order valence-electron chi connectivity index (χ4n) is 2.37. The summed E-state index contributed by atoms with van der Waals surface area (Å²) in [4.78, 5) is 14.2. The molecule has 1 aliphatic heterocycles. The first-order valence-electron chi connectivity index (χ1n) is 6.22. The molecule has 1 aromatic rings. The summed E-state index contributed by atoms with van der Waals surface area (Å²) in [6.07, 6.45) is 0.838. The molecule has 1 aliphatic rings. The van der Waals surface area contributed by atoms with Crippen molar-refractivity contribution < 1.29 is 9.18 Å². The molecule has 1 aromatic carbocycles. The molecule has 0 unspecified atom stereocenters. The van der Waals surface area contributed by atoms with Gasteiger partial charge < -0.3 is 10.6 Å². The predicted octanol–water partition coefficient (Wildman–Crippen LogP) is 1.66. The maximum Gasteiger partial charge on any atom is 0.232 e. The van der Waals surface area contributed by atoms with Gasteiger partial charge in [0, 0.05) is 19.1 Å². The van der Waals surface area contributed by atoms with Crippen molar-refractivity contribution in [2.75, 3.05) is 13.1 Å². The van der Waals surface area contributed by atoms with Gasteiger partial charge in [0.1, 0.15) is 5.82 Å². The SMILES string of the molecule is CC(C)(C(=O)N1CC[C@@H](N)C1)c1cccc(F)c1. The zero-order valence-electron chi connectivity index (χ0n) is 10.8. The van der Waals surface area contributed by atoms with E-state index in [4.69, 9.17) is 5.73 Å². The largest absolute Gasteiger partial charge is 0.340 e. The summed E-state index contributed by atoms with van der Waals surface area (Å²) >= 11 is 0. The van der Waals surface area contributed by atoms with Crippen LogP contribution in [0.3, 0.4) is 0 Å². The number of amides is 1. The highest BCUT2D eigenvalue weighted by molar-refractivity contribution is 5.87. The van der Waals surface area contributed by atoms with Crippen molar-refractivity contribution in [1.29, 1.82) is 0 Å². The second kappa shape index (κ2) is 4.69. The molecule has 2 N–H and O–H groups in total. The number of benzene rings is 1. The number of halogens is 1. The van der Waals surface area contributed by atoms with Crippen LogP contribution in [0.1, 0.15) is 25.8 Å². The van der Waals surface area contributed by atoms with Crippen LogP contribution >= 0.6 is 0 Å². The molecule has 0 radical (unpaired) electrons. The number of rotatable bonds is 2. The van der Waals surface area contributed by atoms with Crippen LogP contribution in [0.2, 0.25) is 0 Å². The van der Waals surface area contributed by atoms with Crippen molar-refractivity contribution in [3.8, 4) is 0 Å². The molecule has 4 heteroatoms. The molecule has 0 saturated carbocycles. The normalized spacial score (nSPS) is 20.2. The minimum Gasteiger partial charge on any atom is -0.340 e. The summed E-state index contributed by atoms with van der Waals surface area (Å²) in [6, 6.07) is 6.30. The van der Waals surface area contributed by atoms with Gasteiger partial charge in [-0.1, -0.05) is 12.1 Å². The van der Waals surface area contributed by atoms with E-state index in [2.05, 4.69) is 0 Å². The fourth-order valence-corrected chi connectivity index (χ4v) is 2.37. The van der Waals surface area contributed by atoms with Gasteiger partial charge >= 0.3 is 0 Å². The number of nitrogens with two attached hydrogens (primary N) is 1. The molecular formula is C14H19FN2O. The van der Waals surface area contributed by atoms with Crippen LogP contribution in [0.5, 0.6) is 0 Å². The standard InChI is InChI=1S/C14H19FN2O/c1-14(2,10-4-3-5-11(15)8-10)13(18)17-7-6-12(16)9-17/h3-5,8,12H,6-7,9,16H2,1-2H3/t12-/m1/s1. The van der Waals surface area contributed by atoms with Gasteiger partial charge in [-0.05, 0) is 38.0 Å². The average Bonchev–Trinajstić information content (AvgIpc) is 2.74. The third-order valence-corrected chi connectivity index (χ3v) is 3.59. The van der Waals surface area contributed by atoms with Gasteiger partial charge in [-0.15, -0.1) is 0 Å². The molecule has 1 amide bonds. The predicted molar refractivity (Wildman–Crippen MR) is 68.6 cm³/mol. The maximum atomic E-state index is 13.3. The van der Waals surface area contributed by atoms with E-state index in [0.29, 0.717) is 18.7 Å². The van der Waals surface area contributed by atoms with Crippen LogP contribution < -0.4 is 5.73 Å². The van der Waals surface area contributed by atoms with E-state index in [1.54, 1.807) is 17.0 Å². The van der Waals surface area contributed by atoms with E-state index < -0.39 is 5.41 Å². The molecule has 18 heavy (non-hydrogen) atoms. The second-order valence-electron chi connectivity index (χ2n) is 5.44. The third kappa shape index (κ3) is 2.38. The summed E-state index contributed by atoms with van der Waals surface area (Å²) in [7, 11) is 0. The highest BCUT2D eigenvalue weighted by Crippen LogP contribution is 2.27. The summed E-state index contributed by atoms with van der Waals surface area (Å²) < 4.78 is 13.3. The zero-order valence-corrected chi connectivity index (χ0v) is 10.8. The lowest BCUT2D eigenvalue weighted by molar-refractivity contribution is -0.135. The summed E-state index contributed by atoms with van der Waals surface area (Å²) in [5.74, 6) is -0.299. The van der Waals surface area contributed by atoms with Crippen LogP contribution in [0, 0.1) is 5.82 Å². The van der Waals surface area contributed by atoms with E-state index >= 15 is 0 Å². The summed E-state index contributed by atoms with van der Waals surface area (Å²) in [5.41, 5.74) is 5.80. The lowest BCUT2D eigenvalue weighted by Crippen LogP contribution is -2.43. The Bertz CT molecular complexity index is 459. The van der Waals surface area contributed by atoms with Crippen molar-refractivity contribution in [3.63, 3.8) is 0 Å². The van der Waals surface area contributed by atoms with Crippen LogP contribution in [-0.4, -0.2) is 29.9 Å². The third-order valence-electron chi connectivity index (χ3n) is 3.59. The molecule has 98 valence electrons. The van der Waals surface area contributed by atoms with Crippen LogP contribution in [0.25, 0.3) is 0 Å². The first-order chi connectivity index (χ1) is 8.41. The smallest absolute Gasteiger partial charge is 0.232 e. The lowest BCUT2D eigenvalue weighted by atomic mass is 9.83. The molecule has 1 heterocycles. The van der Waals surface area contributed by atoms with Gasteiger partial charge in [-0.3, -0.25) is 4.79 Å². The number of likely N-dealkylation sites (tertiary alicyclic amines) is 1. The van der Waals surface area contributed by atoms with E-state index in [1.807, 2.05) is 13.8 Å². The van der Waals surface area contributed by atoms with Crippen LogP contribution in [0.15, 0.2) is 24.3 Å². The minimum atomic E-state index is -0.716. The van der Waals surface area contributed by atoms with Crippen LogP contribution in [0.4, 0.5) is 4.39 Å². The van der Waals surface area contributed by atoms with E-state index in [-0.39, 0.29) is 17.8 Å². The molecule has 2 rings (SSSR count). The van der Waals surface area contributed by atoms with Gasteiger partial charge in [0.25, 0.3) is 0 Å². The Labute approximate surface area is 107 Å². The zero-order chi connectivity index (χ0) is 13.3. The molecule has 1 fully saturated rings. The number of carbonyl (C=O) groups is 1. The number of hydrogen-bond donors (Lipinski definition) is 1. The molecule has 0 bridgehead atoms. The molecule has 3 nitrogen and oxygen atoms in total. The van der Waals surface area contributed by atoms with Crippen LogP contribution in [-0.2, 0) is 10.2 Å². The Morgan fingerprint density at radius 2 is 2.22 bits per heavy atom. The Balaban J connectivity index is 2.22. The van der Waals surface area contributed by atoms with E-state index in [1.165, 1.54) is 12.1 Å². The number of hydrogen-bond acceptors (Lipinski definition) is 2. The number of carbonyl (C=O) groups excluding carboxylic acids is 1. The van der Waals surface area contributed by atoms with Crippen molar-refractivity contribution >= 4 is 5.91 Å². The monoisotopic (exact) mass is 250 g/mol. The van der Waals surface area contributed by atoms with Crippen molar-refractivity contribution in [3.05, 3.63) is 35.6 Å². The summed E-state index contributed by atoms with van der Waals surface area (Å²) in [5, 5.41) is 0. The van der Waals surface area contributed by atoms with E-state index in [0.717, 1.165) is 6.42 Å². The fraction of sp³-hybridized carbons (Fsp3) is 0.500. The molecule has 1 atom stereocenters. The van der Waals surface area contributed by atoms with Gasteiger partial charge in [-0.25, -0.2) is 4.39 Å². The van der Waals surface area contributed by atoms with Gasteiger partial charge in [0.05, 0.1) is 5.41 Å². The van der Waals surface area contributed by atoms with Crippen molar-refractivity contribution in [1.82, 2.24) is 4.90 Å². The van der Waals surface area contributed by atoms with Gasteiger partial charge in [0.2, 0.25) is 5.91 Å². The minimum absolute atomic E-state index is 0.0149. The molecule has 1 saturated heterocycles. The second-order valence-corrected chi connectivity index (χ2v) is 5.44. The first-order valence-corrected chi connectivity index (χ1v) is 6.22. The molecule has 0 aromatic heterocycles. The molecule has 0 spiro atoms. The maximum absolute atomic E-state index is 13.3. The van der Waals surface area contributed by atoms with Crippen molar-refractivity contribution in [2.24, 2.45) is 5.73 Å². The molecular weight excluding hydrogens is 231 g/mol. The topological polar surface area (TPSA) is 46.3 Å². The first kappa shape index (κ1) is 13.0. The quantitative estimate of drug-likeness (QED) is 0.867. The average molecular weight is 250 g/mol. The highest BCUT2D eigenvalue weighted by atomic mass is 19.1.